The van der Waals surface area contributed by atoms with Crippen molar-refractivity contribution in [1.29, 1.82) is 0 Å². The van der Waals surface area contributed by atoms with Crippen LogP contribution in [0.3, 0.4) is 0 Å². The van der Waals surface area contributed by atoms with Gasteiger partial charge in [0.05, 0.1) is 19.5 Å². The lowest BCUT2D eigenvalue weighted by molar-refractivity contribution is -0.0424. The molecule has 3 aromatic rings. The van der Waals surface area contributed by atoms with E-state index in [1.807, 2.05) is 6.07 Å². The van der Waals surface area contributed by atoms with Crippen molar-refractivity contribution in [3.8, 4) is 11.8 Å². The van der Waals surface area contributed by atoms with E-state index in [0.29, 0.717) is 5.56 Å². The van der Waals surface area contributed by atoms with Crippen molar-refractivity contribution in [3.63, 3.8) is 0 Å². The smallest absolute Gasteiger partial charge is 0.325 e. The number of anilines is 1. The number of fused-ring (bicyclic) bond motifs is 4. The van der Waals surface area contributed by atoms with Gasteiger partial charge in [0.25, 0.3) is 0 Å². The summed E-state index contributed by atoms with van der Waals surface area (Å²) >= 11 is 15.8. The van der Waals surface area contributed by atoms with Gasteiger partial charge in [0.15, 0.2) is 32.2 Å². The number of nitrogens with two attached hydrogens (primary N) is 1. The van der Waals surface area contributed by atoms with E-state index in [2.05, 4.69) is 77.9 Å². The molecule has 6 rings (SSSR count). The van der Waals surface area contributed by atoms with Gasteiger partial charge in [-0.2, -0.15) is 0 Å². The summed E-state index contributed by atoms with van der Waals surface area (Å²) in [5.74, 6) is 6.30. The highest BCUT2D eigenvalue weighted by Gasteiger charge is 2.54. The SMILES string of the molecule is CC(C)(C)[Si](C)(C)O[C@H]1[C@H]2OP(=S)(S)OC[C@H]3O[C@@H](n4cnc5c(N)ncnc54)[C@H](F)[C@@H]3OP(O)(=S)OC[C@H]1O[C@H]2C#Cc1cccnc1. The van der Waals surface area contributed by atoms with Crippen LogP contribution >= 0.6 is 24.7 Å². The number of aromatic nitrogens is 5. The fourth-order valence-electron chi connectivity index (χ4n) is 5.28. The molecule has 3 aliphatic rings. The third-order valence-electron chi connectivity index (χ3n) is 8.81. The van der Waals surface area contributed by atoms with E-state index < -0.39 is 69.8 Å². The Morgan fingerprint density at radius 2 is 1.88 bits per heavy atom. The van der Waals surface area contributed by atoms with E-state index in [1.54, 1.807) is 18.5 Å². The molecular weight excluding hydrogens is 754 g/mol. The fraction of sp³-hybridized carbons (Fsp3) is 0.571. The van der Waals surface area contributed by atoms with Crippen molar-refractivity contribution in [2.24, 2.45) is 0 Å². The highest BCUT2D eigenvalue weighted by Crippen LogP contribution is 2.58. The maximum atomic E-state index is 16.3. The van der Waals surface area contributed by atoms with Gasteiger partial charge in [0.2, 0.25) is 5.69 Å². The first-order valence-corrected chi connectivity index (χ1v) is 24.5. The molecule has 2 bridgehead atoms. The van der Waals surface area contributed by atoms with Gasteiger partial charge in [-0.05, 0) is 53.9 Å². The Bertz CT molecular complexity index is 1850. The standard InChI is InChI=1S/C28H37FN6O8P2S3Si/c1-28(2,3)49(4,5)43-24-19-12-37-44(36,46)41-22-18(40-27(20(22)29)35-15-34-21-25(30)32-14-33-26(21)35)13-38-45(47,48)42-23(24)17(39-19)9-8-16-7-6-10-31-11-16/h6-7,10-11,14-15,17-20,22-24,27H,12-13H2,1-5H3,(H,36,46)(H,47,48)(H2,30,32,33)/t17-,18+,19+,20+,22+,23-,24+,27+,44?/m0/s1. The molecule has 0 radical (unpaired) electrons. The Morgan fingerprint density at radius 1 is 1.12 bits per heavy atom. The molecule has 266 valence electrons. The largest absolute Gasteiger partial charge is 0.408 e. The van der Waals surface area contributed by atoms with Crippen LogP contribution in [0.15, 0.2) is 37.2 Å². The molecule has 14 nitrogen and oxygen atoms in total. The van der Waals surface area contributed by atoms with Gasteiger partial charge in [0, 0.05) is 18.0 Å². The van der Waals surface area contributed by atoms with Crippen molar-refractivity contribution in [3.05, 3.63) is 42.7 Å². The molecule has 3 aromatic heterocycles. The van der Waals surface area contributed by atoms with Gasteiger partial charge in [-0.3, -0.25) is 14.1 Å². The number of nitrogens with zero attached hydrogens (tertiary/aromatic N) is 5. The van der Waals surface area contributed by atoms with Crippen LogP contribution in [0.1, 0.15) is 32.6 Å². The molecule has 10 atom stereocenters. The lowest BCUT2D eigenvalue weighted by atomic mass is 10.1. The summed E-state index contributed by atoms with van der Waals surface area (Å²) in [7, 11) is -2.49. The molecule has 21 heteroatoms. The lowest BCUT2D eigenvalue weighted by Crippen LogP contribution is -2.50. The van der Waals surface area contributed by atoms with Gasteiger partial charge >= 0.3 is 6.72 Å². The number of alkyl halides is 1. The molecule has 3 N–H and O–H groups in total. The molecule has 0 aliphatic carbocycles. The van der Waals surface area contributed by atoms with Crippen molar-refractivity contribution in [2.45, 2.75) is 87.9 Å². The summed E-state index contributed by atoms with van der Waals surface area (Å²) in [5.41, 5.74) is 3.65. The molecule has 3 aliphatic heterocycles. The quantitative estimate of drug-likeness (QED) is 0.147. The molecule has 0 spiro atoms. The summed E-state index contributed by atoms with van der Waals surface area (Å²) in [6, 6.07) is 3.58. The Labute approximate surface area is 299 Å². The minimum atomic E-state index is -4.13. The van der Waals surface area contributed by atoms with Crippen LogP contribution in [0.4, 0.5) is 10.2 Å². The minimum absolute atomic E-state index is 0.114. The average Bonchev–Trinajstić information content (AvgIpc) is 3.68. The Balaban J connectivity index is 1.33. The minimum Gasteiger partial charge on any atom is -0.408 e. The normalized spacial score (nSPS) is 35.8. The van der Waals surface area contributed by atoms with Gasteiger partial charge in [0.1, 0.15) is 48.5 Å². The van der Waals surface area contributed by atoms with E-state index in [-0.39, 0.29) is 35.2 Å². The summed E-state index contributed by atoms with van der Waals surface area (Å²) in [6.07, 6.45) is -3.35. The second kappa shape index (κ2) is 14.2. The summed E-state index contributed by atoms with van der Waals surface area (Å²) in [5, 5.41) is -0.197. The fourth-order valence-corrected chi connectivity index (χ4v) is 9.98. The number of rotatable bonds is 3. The Morgan fingerprint density at radius 3 is 2.59 bits per heavy atom. The van der Waals surface area contributed by atoms with Crippen LogP contribution in [0.25, 0.3) is 11.2 Å². The van der Waals surface area contributed by atoms with Gasteiger partial charge < -0.3 is 38.1 Å². The monoisotopic (exact) mass is 790 g/mol. The van der Waals surface area contributed by atoms with E-state index in [9.17, 15) is 4.89 Å². The first-order chi connectivity index (χ1) is 22.9. The van der Waals surface area contributed by atoms with Crippen LogP contribution in [0.2, 0.25) is 18.1 Å². The van der Waals surface area contributed by atoms with Crippen LogP contribution in [0, 0.1) is 11.8 Å². The topological polar surface area (TPSA) is 167 Å². The number of pyridine rings is 1. The highest BCUT2D eigenvalue weighted by atomic mass is 32.9. The predicted octanol–water partition coefficient (Wildman–Crippen LogP) is 4.44. The highest BCUT2D eigenvalue weighted by molar-refractivity contribution is 8.60. The third-order valence-corrected chi connectivity index (χ3v) is 17.0. The van der Waals surface area contributed by atoms with Gasteiger partial charge in [-0.1, -0.05) is 44.9 Å². The molecule has 0 saturated carbocycles. The number of imidazole rings is 1. The van der Waals surface area contributed by atoms with Crippen LogP contribution in [0.5, 0.6) is 0 Å². The molecule has 3 fully saturated rings. The molecular formula is C28H37FN6O8P2S3Si. The maximum Gasteiger partial charge on any atom is 0.325 e. The van der Waals surface area contributed by atoms with Crippen LogP contribution < -0.4 is 5.73 Å². The van der Waals surface area contributed by atoms with Crippen molar-refractivity contribution in [1.82, 2.24) is 24.5 Å². The summed E-state index contributed by atoms with van der Waals surface area (Å²) in [6.45, 7) is 5.70. The molecule has 49 heavy (non-hydrogen) atoms. The predicted molar refractivity (Wildman–Crippen MR) is 192 cm³/mol. The van der Waals surface area contributed by atoms with Crippen LogP contribution in [-0.2, 0) is 55.6 Å². The number of hydrogen-bond acceptors (Lipinski definition) is 14. The van der Waals surface area contributed by atoms with E-state index >= 15 is 4.39 Å². The van der Waals surface area contributed by atoms with E-state index in [1.165, 1.54) is 17.2 Å². The number of ether oxygens (including phenoxy) is 2. The van der Waals surface area contributed by atoms with Crippen molar-refractivity contribution in [2.75, 3.05) is 18.9 Å². The zero-order chi connectivity index (χ0) is 35.4. The van der Waals surface area contributed by atoms with E-state index in [0.717, 1.165) is 0 Å². The average molecular weight is 791 g/mol. The van der Waals surface area contributed by atoms with Gasteiger partial charge in [-0.25, -0.2) is 19.3 Å². The number of halogens is 1. The van der Waals surface area contributed by atoms with E-state index in [4.69, 9.17) is 61.3 Å². The number of thiol groups is 1. The summed E-state index contributed by atoms with van der Waals surface area (Å²) in [4.78, 5) is 27.7. The second-order valence-electron chi connectivity index (χ2n) is 13.2. The summed E-state index contributed by atoms with van der Waals surface area (Å²) < 4.78 is 61.2. The zero-order valence-corrected chi connectivity index (χ0v) is 32.5. The van der Waals surface area contributed by atoms with Crippen molar-refractivity contribution >= 4 is 73.6 Å². The molecule has 0 amide bonds. The first-order valence-electron chi connectivity index (χ1n) is 15.2. The number of hydrogen-bond donors (Lipinski definition) is 3. The van der Waals surface area contributed by atoms with Crippen LogP contribution in [-0.4, -0.2) is 93.7 Å². The molecule has 6 heterocycles. The first kappa shape index (κ1) is 37.3. The molecule has 0 aromatic carbocycles. The lowest BCUT2D eigenvalue weighted by Gasteiger charge is -2.40. The van der Waals surface area contributed by atoms with Gasteiger partial charge in [-0.15, -0.1) is 0 Å². The molecule has 3 saturated heterocycles. The second-order valence-corrected chi connectivity index (χ2v) is 26.0. The maximum absolute atomic E-state index is 16.3. The zero-order valence-electron chi connectivity index (χ0n) is 27.2. The Kier molecular flexibility index (Phi) is 10.8. The number of nitrogen functional groups attached to an aromatic ring is 1. The van der Waals surface area contributed by atoms with Crippen molar-refractivity contribution < 1.29 is 41.3 Å². The third kappa shape index (κ3) is 8.13. The Hall–Kier alpha value is -1.46. The molecule has 2 unspecified atom stereocenters.